The highest BCUT2D eigenvalue weighted by atomic mass is 16.6. The van der Waals surface area contributed by atoms with Gasteiger partial charge in [0, 0.05) is 12.8 Å². The fourth-order valence-corrected chi connectivity index (χ4v) is 4.12. The average molecular weight is 527 g/mol. The molecule has 1 atom stereocenters. The van der Waals surface area contributed by atoms with Crippen molar-refractivity contribution >= 4 is 11.9 Å². The van der Waals surface area contributed by atoms with E-state index in [4.69, 9.17) is 9.47 Å². The molecule has 0 saturated heterocycles. The van der Waals surface area contributed by atoms with Crippen LogP contribution in [0.4, 0.5) is 0 Å². The predicted octanol–water partition coefficient (Wildman–Crippen LogP) is 10.7. The summed E-state index contributed by atoms with van der Waals surface area (Å²) >= 11 is 0. The van der Waals surface area contributed by atoms with E-state index in [1.165, 1.54) is 83.5 Å². The molecule has 0 aliphatic heterocycles. The molecule has 0 aromatic carbocycles. The molecule has 0 radical (unpaired) electrons. The summed E-state index contributed by atoms with van der Waals surface area (Å²) in [5.41, 5.74) is -0.295. The maximum Gasteiger partial charge on any atom is 0.306 e. The van der Waals surface area contributed by atoms with E-state index >= 15 is 0 Å². The highest BCUT2D eigenvalue weighted by molar-refractivity contribution is 5.69. The molecule has 0 fully saturated rings. The first-order valence-corrected chi connectivity index (χ1v) is 16.1. The van der Waals surface area contributed by atoms with Crippen LogP contribution in [0.5, 0.6) is 0 Å². The molecule has 4 nitrogen and oxygen atoms in total. The minimum atomic E-state index is -0.295. The molecule has 37 heavy (non-hydrogen) atoms. The highest BCUT2D eigenvalue weighted by Crippen LogP contribution is 2.16. The average Bonchev–Trinajstić information content (AvgIpc) is 2.86. The van der Waals surface area contributed by atoms with Gasteiger partial charge in [-0.3, -0.25) is 9.59 Å². The Balaban J connectivity index is 0. The Morgan fingerprint density at radius 2 is 1.00 bits per heavy atom. The quantitative estimate of drug-likeness (QED) is 0.0926. The predicted molar refractivity (Wildman–Crippen MR) is 160 cm³/mol. The summed E-state index contributed by atoms with van der Waals surface area (Å²) in [7, 11) is 0. The molecule has 0 aliphatic rings. The zero-order chi connectivity index (χ0) is 28.2. The topological polar surface area (TPSA) is 52.6 Å². The molecule has 0 amide bonds. The molecule has 4 heteroatoms. The number of hydrogen-bond acceptors (Lipinski definition) is 4. The van der Waals surface area contributed by atoms with Crippen LogP contribution in [0.1, 0.15) is 183 Å². The zero-order valence-corrected chi connectivity index (χ0v) is 26.3. The van der Waals surface area contributed by atoms with Gasteiger partial charge in [-0.15, -0.1) is 0 Å². The lowest BCUT2D eigenvalue weighted by atomic mass is 10.1. The Labute approximate surface area is 232 Å². The number of esters is 2. The first kappa shape index (κ1) is 38.1. The van der Waals surface area contributed by atoms with Crippen LogP contribution in [0.2, 0.25) is 0 Å². The lowest BCUT2D eigenvalue weighted by Gasteiger charge is -2.23. The minimum Gasteiger partial charge on any atom is -0.465 e. The third-order valence-electron chi connectivity index (χ3n) is 7.02. The maximum atomic E-state index is 11.6. The number of rotatable bonds is 24. The number of unbranched alkanes of at least 4 members (excludes halogenated alkanes) is 14. The zero-order valence-electron chi connectivity index (χ0n) is 26.3. The van der Waals surface area contributed by atoms with Crippen molar-refractivity contribution < 1.29 is 19.1 Å². The fraction of sp³-hybridized carbons (Fsp3) is 0.939. The van der Waals surface area contributed by atoms with Crippen molar-refractivity contribution in [3.05, 3.63) is 0 Å². The monoisotopic (exact) mass is 526 g/mol. The SMILES string of the molecule is CCCCCCCCCC(=O)OCC(C)CCC.CCCCCCCCCCCC(=O)OC(C)(C)CC. The second-order valence-electron chi connectivity index (χ2n) is 11.6. The van der Waals surface area contributed by atoms with E-state index in [-0.39, 0.29) is 17.5 Å². The molecule has 0 aromatic heterocycles. The fourth-order valence-electron chi connectivity index (χ4n) is 4.12. The number of ether oxygens (including phenoxy) is 2. The van der Waals surface area contributed by atoms with Crippen LogP contribution in [0.25, 0.3) is 0 Å². The van der Waals surface area contributed by atoms with E-state index in [1.807, 2.05) is 20.8 Å². The smallest absolute Gasteiger partial charge is 0.306 e. The van der Waals surface area contributed by atoms with Gasteiger partial charge in [-0.25, -0.2) is 0 Å². The standard InChI is InChI=1S/C17H34O2.C16H32O2/c1-5-7-8-9-10-11-12-13-14-15-16(18)19-17(3,4)6-2;1-4-6-7-8-9-10-11-13-16(17)18-14-15(3)12-5-2/h5-15H2,1-4H3;15H,4-14H2,1-3H3. The van der Waals surface area contributed by atoms with Gasteiger partial charge in [0.2, 0.25) is 0 Å². The third kappa shape index (κ3) is 31.1. The van der Waals surface area contributed by atoms with Crippen LogP contribution in [0.15, 0.2) is 0 Å². The second-order valence-corrected chi connectivity index (χ2v) is 11.6. The minimum absolute atomic E-state index is 0.00786. The van der Waals surface area contributed by atoms with Crippen molar-refractivity contribution in [2.45, 2.75) is 189 Å². The third-order valence-corrected chi connectivity index (χ3v) is 7.02. The van der Waals surface area contributed by atoms with Gasteiger partial charge in [-0.2, -0.15) is 0 Å². The molecule has 0 spiro atoms. The Hall–Kier alpha value is -1.06. The summed E-state index contributed by atoms with van der Waals surface area (Å²) < 4.78 is 10.7. The Kier molecular flexibility index (Phi) is 28.8. The maximum absolute atomic E-state index is 11.6. The van der Waals surface area contributed by atoms with Gasteiger partial charge in [0.05, 0.1) is 6.61 Å². The van der Waals surface area contributed by atoms with Gasteiger partial charge >= 0.3 is 11.9 Å². The van der Waals surface area contributed by atoms with Crippen molar-refractivity contribution in [3.8, 4) is 0 Å². The van der Waals surface area contributed by atoms with Crippen LogP contribution in [-0.2, 0) is 19.1 Å². The lowest BCUT2D eigenvalue weighted by Crippen LogP contribution is -2.26. The second kappa shape index (κ2) is 28.0. The van der Waals surface area contributed by atoms with E-state index in [9.17, 15) is 9.59 Å². The largest absolute Gasteiger partial charge is 0.465 e. The van der Waals surface area contributed by atoms with Crippen LogP contribution in [0.3, 0.4) is 0 Å². The molecule has 0 aliphatic carbocycles. The Bertz CT molecular complexity index is 501. The van der Waals surface area contributed by atoms with Gasteiger partial charge in [0.1, 0.15) is 5.60 Å². The van der Waals surface area contributed by atoms with Crippen molar-refractivity contribution in [2.24, 2.45) is 5.92 Å². The first-order valence-electron chi connectivity index (χ1n) is 16.1. The molecular weight excluding hydrogens is 460 g/mol. The molecule has 1 unspecified atom stereocenters. The van der Waals surface area contributed by atoms with E-state index in [0.29, 0.717) is 25.4 Å². The molecule has 222 valence electrons. The van der Waals surface area contributed by atoms with Gasteiger partial charge in [0.25, 0.3) is 0 Å². The van der Waals surface area contributed by atoms with E-state index in [2.05, 4.69) is 27.7 Å². The lowest BCUT2D eigenvalue weighted by molar-refractivity contribution is -0.156. The van der Waals surface area contributed by atoms with Gasteiger partial charge in [-0.05, 0) is 45.4 Å². The van der Waals surface area contributed by atoms with E-state index < -0.39 is 0 Å². The van der Waals surface area contributed by atoms with Crippen molar-refractivity contribution in [1.82, 2.24) is 0 Å². The Morgan fingerprint density at radius 1 is 0.595 bits per heavy atom. The van der Waals surface area contributed by atoms with Crippen molar-refractivity contribution in [3.63, 3.8) is 0 Å². The van der Waals surface area contributed by atoms with Crippen LogP contribution >= 0.6 is 0 Å². The molecule has 0 N–H and O–H groups in total. The summed E-state index contributed by atoms with van der Waals surface area (Å²) in [4.78, 5) is 23.1. The number of carbonyl (C=O) groups excluding carboxylic acids is 2. The van der Waals surface area contributed by atoms with Crippen molar-refractivity contribution in [2.75, 3.05) is 6.61 Å². The molecule has 0 saturated carbocycles. The molecule has 0 heterocycles. The van der Waals surface area contributed by atoms with Gasteiger partial charge < -0.3 is 9.47 Å². The normalized spacial score (nSPS) is 12.0. The number of hydrogen-bond donors (Lipinski definition) is 0. The molecule has 0 aromatic rings. The summed E-state index contributed by atoms with van der Waals surface area (Å²) in [6.07, 6.45) is 24.6. The summed E-state index contributed by atoms with van der Waals surface area (Å²) in [6.45, 7) is 15.4. The van der Waals surface area contributed by atoms with Gasteiger partial charge in [0.15, 0.2) is 0 Å². The Morgan fingerprint density at radius 3 is 1.41 bits per heavy atom. The van der Waals surface area contributed by atoms with Crippen molar-refractivity contribution in [1.29, 1.82) is 0 Å². The molecule has 0 bridgehead atoms. The van der Waals surface area contributed by atoms with Gasteiger partial charge in [-0.1, -0.05) is 131 Å². The summed E-state index contributed by atoms with van der Waals surface area (Å²) in [5, 5.41) is 0. The highest BCUT2D eigenvalue weighted by Gasteiger charge is 2.19. The summed E-state index contributed by atoms with van der Waals surface area (Å²) in [5.74, 6) is 0.467. The van der Waals surface area contributed by atoms with E-state index in [1.54, 1.807) is 0 Å². The molecular formula is C33H66O4. The van der Waals surface area contributed by atoms with Crippen LogP contribution < -0.4 is 0 Å². The number of carbonyl (C=O) groups is 2. The molecule has 0 rings (SSSR count). The van der Waals surface area contributed by atoms with Crippen LogP contribution in [-0.4, -0.2) is 24.1 Å². The van der Waals surface area contributed by atoms with Crippen LogP contribution in [0, 0.1) is 5.92 Å². The first-order chi connectivity index (χ1) is 17.7. The van der Waals surface area contributed by atoms with E-state index in [0.717, 1.165) is 38.5 Å². The summed E-state index contributed by atoms with van der Waals surface area (Å²) in [6, 6.07) is 0.